The van der Waals surface area contributed by atoms with Crippen molar-refractivity contribution in [3.8, 4) is 5.75 Å². The Morgan fingerprint density at radius 2 is 1.71 bits per heavy atom. The SMILES string of the molecule is Br.CC(C)C(OP)Oc1ccccc1. The number of para-hydroxylation sites is 1. The third kappa shape index (κ3) is 4.41. The van der Waals surface area contributed by atoms with E-state index in [1.54, 1.807) is 0 Å². The largest absolute Gasteiger partial charge is 0.464 e. The number of halogens is 1. The van der Waals surface area contributed by atoms with Crippen molar-refractivity contribution in [2.45, 2.75) is 20.1 Å². The van der Waals surface area contributed by atoms with E-state index in [0.29, 0.717) is 5.92 Å². The van der Waals surface area contributed by atoms with Crippen LogP contribution in [0.4, 0.5) is 0 Å². The van der Waals surface area contributed by atoms with E-state index in [-0.39, 0.29) is 23.3 Å². The molecular formula is C10H16BrO2P. The summed E-state index contributed by atoms with van der Waals surface area (Å²) in [5.74, 6) is 1.17. The fourth-order valence-corrected chi connectivity index (χ4v) is 1.32. The molecule has 0 fully saturated rings. The monoisotopic (exact) mass is 278 g/mol. The Balaban J connectivity index is 0.00000169. The summed E-state index contributed by atoms with van der Waals surface area (Å²) in [5.41, 5.74) is 0. The molecule has 0 bridgehead atoms. The lowest BCUT2D eigenvalue weighted by Gasteiger charge is -2.20. The van der Waals surface area contributed by atoms with Crippen LogP contribution in [0, 0.1) is 5.92 Å². The van der Waals surface area contributed by atoms with Crippen molar-refractivity contribution < 1.29 is 9.26 Å². The minimum atomic E-state index is -0.201. The van der Waals surface area contributed by atoms with Gasteiger partial charge in [-0.1, -0.05) is 32.0 Å². The Labute approximate surface area is 98.0 Å². The molecular weight excluding hydrogens is 263 g/mol. The normalized spacial score (nSPS) is 12.0. The quantitative estimate of drug-likeness (QED) is 0.621. The zero-order valence-corrected chi connectivity index (χ0v) is 11.2. The third-order valence-corrected chi connectivity index (χ3v) is 1.94. The molecule has 4 heteroatoms. The average Bonchev–Trinajstić information content (AvgIpc) is 2.15. The topological polar surface area (TPSA) is 18.5 Å². The molecule has 80 valence electrons. The minimum absolute atomic E-state index is 0. The zero-order chi connectivity index (χ0) is 9.68. The number of benzene rings is 1. The van der Waals surface area contributed by atoms with Crippen LogP contribution < -0.4 is 4.74 Å². The van der Waals surface area contributed by atoms with Crippen molar-refractivity contribution in [2.24, 2.45) is 5.92 Å². The second-order valence-corrected chi connectivity index (χ2v) is 3.45. The highest BCUT2D eigenvalue weighted by Gasteiger charge is 2.13. The Morgan fingerprint density at radius 1 is 1.14 bits per heavy atom. The summed E-state index contributed by atoms with van der Waals surface area (Å²) in [6.07, 6.45) is -0.201. The molecule has 0 heterocycles. The van der Waals surface area contributed by atoms with Gasteiger partial charge in [0.2, 0.25) is 6.29 Å². The Hall–Kier alpha value is -0.110. The average molecular weight is 279 g/mol. The molecule has 0 aliphatic heterocycles. The molecule has 2 unspecified atom stereocenters. The summed E-state index contributed by atoms with van der Waals surface area (Å²) in [6.45, 7) is 4.11. The van der Waals surface area contributed by atoms with E-state index < -0.39 is 0 Å². The van der Waals surface area contributed by atoms with E-state index in [4.69, 9.17) is 9.26 Å². The lowest BCUT2D eigenvalue weighted by Crippen LogP contribution is -2.22. The molecule has 0 amide bonds. The minimum Gasteiger partial charge on any atom is -0.464 e. The van der Waals surface area contributed by atoms with Gasteiger partial charge in [0.1, 0.15) is 5.75 Å². The van der Waals surface area contributed by atoms with Crippen molar-refractivity contribution in [1.82, 2.24) is 0 Å². The van der Waals surface area contributed by atoms with Gasteiger partial charge < -0.3 is 9.26 Å². The van der Waals surface area contributed by atoms with E-state index in [1.807, 2.05) is 30.3 Å². The maximum Gasteiger partial charge on any atom is 0.204 e. The van der Waals surface area contributed by atoms with Gasteiger partial charge in [-0.25, -0.2) is 0 Å². The Morgan fingerprint density at radius 3 is 2.14 bits per heavy atom. The van der Waals surface area contributed by atoms with Gasteiger partial charge in [0.15, 0.2) is 0 Å². The van der Waals surface area contributed by atoms with E-state index in [1.165, 1.54) is 0 Å². The van der Waals surface area contributed by atoms with Crippen LogP contribution in [0.3, 0.4) is 0 Å². The van der Waals surface area contributed by atoms with E-state index in [2.05, 4.69) is 23.3 Å². The van der Waals surface area contributed by atoms with Crippen LogP contribution in [-0.2, 0) is 4.52 Å². The molecule has 0 spiro atoms. The zero-order valence-electron chi connectivity index (χ0n) is 8.34. The van der Waals surface area contributed by atoms with E-state index >= 15 is 0 Å². The summed E-state index contributed by atoms with van der Waals surface area (Å²) < 4.78 is 10.7. The number of hydrogen-bond donors (Lipinski definition) is 0. The van der Waals surface area contributed by atoms with Gasteiger partial charge in [0, 0.05) is 15.4 Å². The van der Waals surface area contributed by atoms with Crippen molar-refractivity contribution in [3.05, 3.63) is 30.3 Å². The van der Waals surface area contributed by atoms with Crippen molar-refractivity contribution in [1.29, 1.82) is 0 Å². The second-order valence-electron chi connectivity index (χ2n) is 3.18. The molecule has 14 heavy (non-hydrogen) atoms. The lowest BCUT2D eigenvalue weighted by molar-refractivity contribution is -0.0160. The van der Waals surface area contributed by atoms with E-state index in [0.717, 1.165) is 5.75 Å². The molecule has 0 aliphatic carbocycles. The Bertz CT molecular complexity index is 241. The molecule has 0 N–H and O–H groups in total. The molecule has 0 saturated carbocycles. The van der Waals surface area contributed by atoms with Crippen LogP contribution in [0.5, 0.6) is 5.75 Å². The van der Waals surface area contributed by atoms with Crippen molar-refractivity contribution >= 4 is 26.4 Å². The first-order valence-corrected chi connectivity index (χ1v) is 4.78. The number of ether oxygens (including phenoxy) is 1. The molecule has 1 aromatic carbocycles. The van der Waals surface area contributed by atoms with Gasteiger partial charge in [-0.3, -0.25) is 0 Å². The summed E-state index contributed by atoms with van der Waals surface area (Å²) in [5, 5.41) is 0. The lowest BCUT2D eigenvalue weighted by atomic mass is 10.2. The summed E-state index contributed by atoms with van der Waals surface area (Å²) in [6, 6.07) is 9.67. The van der Waals surface area contributed by atoms with Crippen LogP contribution in [0.2, 0.25) is 0 Å². The van der Waals surface area contributed by atoms with Crippen LogP contribution in [0.1, 0.15) is 13.8 Å². The Kier molecular flexibility index (Phi) is 7.16. The van der Waals surface area contributed by atoms with Gasteiger partial charge in [-0.05, 0) is 12.1 Å². The highest BCUT2D eigenvalue weighted by atomic mass is 79.9. The van der Waals surface area contributed by atoms with Gasteiger partial charge in [0.25, 0.3) is 0 Å². The first kappa shape index (κ1) is 13.9. The second kappa shape index (κ2) is 7.22. The summed E-state index contributed by atoms with van der Waals surface area (Å²) >= 11 is 0. The fraction of sp³-hybridized carbons (Fsp3) is 0.400. The van der Waals surface area contributed by atoms with Gasteiger partial charge in [-0.2, -0.15) is 0 Å². The van der Waals surface area contributed by atoms with Crippen molar-refractivity contribution in [3.63, 3.8) is 0 Å². The first-order chi connectivity index (χ1) is 6.24. The molecule has 2 nitrogen and oxygen atoms in total. The van der Waals surface area contributed by atoms with Crippen LogP contribution in [0.15, 0.2) is 30.3 Å². The standard InChI is InChI=1S/C10H15O2P.BrH/c1-8(2)10(12-13)11-9-6-4-3-5-7-9;/h3-8,10H,13H2,1-2H3;1H. The predicted molar refractivity (Wildman–Crippen MR) is 66.8 cm³/mol. The summed E-state index contributed by atoms with van der Waals surface area (Å²) in [7, 11) is 2.23. The molecule has 1 aromatic rings. The molecule has 1 rings (SSSR count). The van der Waals surface area contributed by atoms with Gasteiger partial charge in [-0.15, -0.1) is 17.0 Å². The number of rotatable bonds is 4. The maximum atomic E-state index is 5.58. The van der Waals surface area contributed by atoms with Crippen LogP contribution >= 0.6 is 26.4 Å². The van der Waals surface area contributed by atoms with Gasteiger partial charge in [0.05, 0.1) is 0 Å². The highest BCUT2D eigenvalue weighted by Crippen LogP contribution is 2.17. The molecule has 0 aliphatic rings. The van der Waals surface area contributed by atoms with Crippen molar-refractivity contribution in [2.75, 3.05) is 0 Å². The number of hydrogen-bond acceptors (Lipinski definition) is 2. The smallest absolute Gasteiger partial charge is 0.204 e. The fourth-order valence-electron chi connectivity index (χ4n) is 0.954. The van der Waals surface area contributed by atoms with E-state index in [9.17, 15) is 0 Å². The van der Waals surface area contributed by atoms with Gasteiger partial charge >= 0.3 is 0 Å². The molecule has 0 radical (unpaired) electrons. The maximum absolute atomic E-state index is 5.58. The molecule has 2 atom stereocenters. The predicted octanol–water partition coefficient (Wildman–Crippen LogP) is 3.43. The molecule has 0 saturated heterocycles. The summed E-state index contributed by atoms with van der Waals surface area (Å²) in [4.78, 5) is 0. The third-order valence-electron chi connectivity index (χ3n) is 1.67. The molecule has 0 aromatic heterocycles. The highest BCUT2D eigenvalue weighted by molar-refractivity contribution is 8.93. The first-order valence-electron chi connectivity index (χ1n) is 4.31. The van der Waals surface area contributed by atoms with Crippen LogP contribution in [-0.4, -0.2) is 6.29 Å². The van der Waals surface area contributed by atoms with Crippen LogP contribution in [0.25, 0.3) is 0 Å².